The van der Waals surface area contributed by atoms with Crippen LogP contribution in [0.1, 0.15) is 5.69 Å². The van der Waals surface area contributed by atoms with Crippen LogP contribution in [0.25, 0.3) is 0 Å². The van der Waals surface area contributed by atoms with Crippen LogP contribution in [0, 0.1) is 0 Å². The fourth-order valence-corrected chi connectivity index (χ4v) is 1.70. The van der Waals surface area contributed by atoms with Crippen LogP contribution in [-0.4, -0.2) is 9.97 Å². The molecule has 0 aliphatic carbocycles. The predicted octanol–water partition coefficient (Wildman–Crippen LogP) is 3.14. The van der Waals surface area contributed by atoms with Gasteiger partial charge in [0.15, 0.2) is 0 Å². The minimum Gasteiger partial charge on any atom is -0.436 e. The van der Waals surface area contributed by atoms with Gasteiger partial charge in [-0.05, 0) is 18.2 Å². The largest absolute Gasteiger partial charge is 0.436 e. The number of benzene rings is 1. The lowest BCUT2D eigenvalue weighted by molar-refractivity contribution is 0.457. The monoisotopic (exact) mass is 313 g/mol. The van der Waals surface area contributed by atoms with Crippen molar-refractivity contribution in [3.8, 4) is 11.6 Å². The van der Waals surface area contributed by atoms with E-state index in [2.05, 4.69) is 25.9 Å². The summed E-state index contributed by atoms with van der Waals surface area (Å²) < 4.78 is 6.42. The third-order valence-electron chi connectivity index (χ3n) is 1.98. The highest BCUT2D eigenvalue weighted by Gasteiger charge is 2.05. The van der Waals surface area contributed by atoms with Crippen molar-refractivity contribution in [1.29, 1.82) is 0 Å². The Labute approximate surface area is 112 Å². The molecule has 0 atom stereocenters. The van der Waals surface area contributed by atoms with Gasteiger partial charge in [0.25, 0.3) is 0 Å². The summed E-state index contributed by atoms with van der Waals surface area (Å²) in [7, 11) is 0. The molecule has 0 spiro atoms. The highest BCUT2D eigenvalue weighted by atomic mass is 79.9. The van der Waals surface area contributed by atoms with E-state index in [4.69, 9.17) is 22.1 Å². The number of hydrogen-bond acceptors (Lipinski definition) is 4. The summed E-state index contributed by atoms with van der Waals surface area (Å²) in [6, 6.07) is 5.33. The summed E-state index contributed by atoms with van der Waals surface area (Å²) in [6.45, 7) is 0.316. The average molecular weight is 315 g/mol. The molecule has 0 unspecified atom stereocenters. The fourth-order valence-electron chi connectivity index (χ4n) is 1.20. The number of rotatable bonds is 3. The quantitative estimate of drug-likeness (QED) is 0.945. The predicted molar refractivity (Wildman–Crippen MR) is 69.1 cm³/mol. The van der Waals surface area contributed by atoms with E-state index in [1.54, 1.807) is 18.3 Å². The maximum atomic E-state index is 6.00. The Balaban J connectivity index is 2.27. The molecule has 0 saturated carbocycles. The van der Waals surface area contributed by atoms with Crippen molar-refractivity contribution in [2.75, 3.05) is 0 Å². The van der Waals surface area contributed by atoms with Gasteiger partial charge in [-0.3, -0.25) is 4.98 Å². The Morgan fingerprint density at radius 1 is 1.35 bits per heavy atom. The van der Waals surface area contributed by atoms with E-state index in [0.717, 1.165) is 4.47 Å². The van der Waals surface area contributed by atoms with Gasteiger partial charge in [-0.15, -0.1) is 0 Å². The van der Waals surface area contributed by atoms with Gasteiger partial charge in [-0.25, -0.2) is 4.98 Å². The van der Waals surface area contributed by atoms with Gasteiger partial charge < -0.3 is 10.5 Å². The fraction of sp³-hybridized carbons (Fsp3) is 0.0909. The van der Waals surface area contributed by atoms with Crippen LogP contribution < -0.4 is 10.5 Å². The molecule has 2 N–H and O–H groups in total. The highest BCUT2D eigenvalue weighted by molar-refractivity contribution is 9.10. The highest BCUT2D eigenvalue weighted by Crippen LogP contribution is 2.30. The van der Waals surface area contributed by atoms with Crippen LogP contribution in [0.15, 0.2) is 35.1 Å². The smallest absolute Gasteiger partial charge is 0.238 e. The minimum absolute atomic E-state index is 0.316. The van der Waals surface area contributed by atoms with Crippen molar-refractivity contribution >= 4 is 27.5 Å². The van der Waals surface area contributed by atoms with Crippen LogP contribution in [0.5, 0.6) is 11.6 Å². The van der Waals surface area contributed by atoms with Crippen LogP contribution in [0.3, 0.4) is 0 Å². The first-order chi connectivity index (χ1) is 8.19. The summed E-state index contributed by atoms with van der Waals surface area (Å²) in [5.74, 6) is 0.887. The molecule has 0 fully saturated rings. The first-order valence-corrected chi connectivity index (χ1v) is 6.00. The molecule has 17 heavy (non-hydrogen) atoms. The van der Waals surface area contributed by atoms with E-state index in [0.29, 0.717) is 28.9 Å². The Morgan fingerprint density at radius 2 is 2.18 bits per heavy atom. The summed E-state index contributed by atoms with van der Waals surface area (Å²) in [5, 5.41) is 0.508. The van der Waals surface area contributed by atoms with Gasteiger partial charge in [0.05, 0.1) is 16.9 Å². The number of aromatic nitrogens is 2. The van der Waals surface area contributed by atoms with Crippen molar-refractivity contribution in [1.82, 2.24) is 9.97 Å². The first kappa shape index (κ1) is 12.3. The zero-order valence-corrected chi connectivity index (χ0v) is 11.1. The molecule has 0 saturated heterocycles. The van der Waals surface area contributed by atoms with Gasteiger partial charge in [-0.2, -0.15) is 0 Å². The first-order valence-electron chi connectivity index (χ1n) is 4.83. The number of nitrogens with zero attached hydrogens (tertiary/aromatic N) is 2. The molecule has 1 aromatic carbocycles. The van der Waals surface area contributed by atoms with Gasteiger partial charge in [0.1, 0.15) is 5.75 Å². The molecule has 6 heteroatoms. The van der Waals surface area contributed by atoms with Crippen molar-refractivity contribution < 1.29 is 4.74 Å². The molecule has 2 rings (SSSR count). The molecule has 1 heterocycles. The normalized spacial score (nSPS) is 10.3. The van der Waals surface area contributed by atoms with E-state index in [-0.39, 0.29) is 0 Å². The molecule has 0 aliphatic heterocycles. The van der Waals surface area contributed by atoms with Crippen LogP contribution >= 0.6 is 27.5 Å². The summed E-state index contributed by atoms with van der Waals surface area (Å²) in [5.41, 5.74) is 6.14. The molecule has 4 nitrogen and oxygen atoms in total. The van der Waals surface area contributed by atoms with Crippen molar-refractivity contribution in [3.05, 3.63) is 45.8 Å². The van der Waals surface area contributed by atoms with Crippen molar-refractivity contribution in [3.63, 3.8) is 0 Å². The van der Waals surface area contributed by atoms with Gasteiger partial charge in [0, 0.05) is 17.2 Å². The summed E-state index contributed by atoms with van der Waals surface area (Å²) >= 11 is 9.34. The second-order valence-electron chi connectivity index (χ2n) is 3.23. The van der Waals surface area contributed by atoms with Crippen LogP contribution in [-0.2, 0) is 6.54 Å². The molecular formula is C11H9BrClN3O. The van der Waals surface area contributed by atoms with E-state index >= 15 is 0 Å². The van der Waals surface area contributed by atoms with Gasteiger partial charge >= 0.3 is 0 Å². The third kappa shape index (κ3) is 3.15. The Kier molecular flexibility index (Phi) is 3.93. The summed E-state index contributed by atoms with van der Waals surface area (Å²) in [6.07, 6.45) is 3.10. The summed E-state index contributed by atoms with van der Waals surface area (Å²) in [4.78, 5) is 8.16. The maximum absolute atomic E-state index is 6.00. The Morgan fingerprint density at radius 3 is 2.94 bits per heavy atom. The van der Waals surface area contributed by atoms with E-state index in [1.807, 2.05) is 6.07 Å². The van der Waals surface area contributed by atoms with Crippen molar-refractivity contribution in [2.24, 2.45) is 5.73 Å². The maximum Gasteiger partial charge on any atom is 0.238 e. The average Bonchev–Trinajstić information content (AvgIpc) is 2.34. The molecule has 88 valence electrons. The second kappa shape index (κ2) is 5.44. The molecule has 0 radical (unpaired) electrons. The van der Waals surface area contributed by atoms with Gasteiger partial charge in [-0.1, -0.05) is 27.5 Å². The Hall–Kier alpha value is -1.17. The Bertz CT molecular complexity index is 536. The number of ether oxygens (including phenoxy) is 1. The molecule has 0 bridgehead atoms. The molecule has 0 amide bonds. The van der Waals surface area contributed by atoms with Crippen LogP contribution in [0.4, 0.5) is 0 Å². The van der Waals surface area contributed by atoms with Crippen molar-refractivity contribution in [2.45, 2.75) is 6.54 Å². The van der Waals surface area contributed by atoms with Crippen LogP contribution in [0.2, 0.25) is 5.02 Å². The van der Waals surface area contributed by atoms with E-state index in [9.17, 15) is 0 Å². The van der Waals surface area contributed by atoms with E-state index in [1.165, 1.54) is 6.20 Å². The van der Waals surface area contributed by atoms with Gasteiger partial charge in [0.2, 0.25) is 5.88 Å². The minimum atomic E-state index is 0.316. The molecular weight excluding hydrogens is 305 g/mol. The number of nitrogens with two attached hydrogens (primary N) is 1. The second-order valence-corrected chi connectivity index (χ2v) is 4.55. The lowest BCUT2D eigenvalue weighted by atomic mass is 10.3. The lowest BCUT2D eigenvalue weighted by Gasteiger charge is -2.07. The third-order valence-corrected chi connectivity index (χ3v) is 2.78. The molecule has 1 aromatic heterocycles. The van der Waals surface area contributed by atoms with E-state index < -0.39 is 0 Å². The number of hydrogen-bond donors (Lipinski definition) is 1. The SMILES string of the molecule is NCc1cncc(Oc2cc(Br)ccc2Cl)n1. The topological polar surface area (TPSA) is 61.0 Å². The number of halogens is 2. The zero-order chi connectivity index (χ0) is 12.3. The zero-order valence-electron chi connectivity index (χ0n) is 8.73. The molecule has 0 aliphatic rings. The standard InChI is InChI=1S/C11H9BrClN3O/c12-7-1-2-9(13)10(3-7)17-11-6-15-5-8(4-14)16-11/h1-3,5-6H,4,14H2. The molecule has 2 aromatic rings. The lowest BCUT2D eigenvalue weighted by Crippen LogP contribution is -2.01.